The van der Waals surface area contributed by atoms with Gasteiger partial charge in [-0.2, -0.15) is 0 Å². The SMILES string of the molecule is CC(=O)c1ccc(Oc2ccccc2)nc1.O=C(O)c1ccc(Oc2ccccc2)nc1. The van der Waals surface area contributed by atoms with Crippen LogP contribution in [0.1, 0.15) is 27.6 Å². The van der Waals surface area contributed by atoms with Crippen LogP contribution in [0.2, 0.25) is 0 Å². The van der Waals surface area contributed by atoms with E-state index < -0.39 is 5.97 Å². The van der Waals surface area contributed by atoms with Crippen LogP contribution in [0.5, 0.6) is 23.3 Å². The maximum Gasteiger partial charge on any atom is 0.337 e. The predicted octanol–water partition coefficient (Wildman–Crippen LogP) is 5.65. The van der Waals surface area contributed by atoms with Crippen molar-refractivity contribution in [3.63, 3.8) is 0 Å². The van der Waals surface area contributed by atoms with Crippen molar-refractivity contribution in [1.82, 2.24) is 9.97 Å². The predicted molar refractivity (Wildman–Crippen MR) is 118 cm³/mol. The molecular formula is C25H20N2O5. The van der Waals surface area contributed by atoms with E-state index in [1.54, 1.807) is 24.3 Å². The molecule has 0 unspecified atom stereocenters. The van der Waals surface area contributed by atoms with Crippen molar-refractivity contribution in [2.45, 2.75) is 6.92 Å². The smallest absolute Gasteiger partial charge is 0.337 e. The van der Waals surface area contributed by atoms with Gasteiger partial charge in [0.1, 0.15) is 11.5 Å². The minimum atomic E-state index is -1.00. The van der Waals surface area contributed by atoms with Gasteiger partial charge in [0.2, 0.25) is 11.8 Å². The van der Waals surface area contributed by atoms with Gasteiger partial charge in [-0.1, -0.05) is 36.4 Å². The van der Waals surface area contributed by atoms with Crippen molar-refractivity contribution >= 4 is 11.8 Å². The zero-order chi connectivity index (χ0) is 22.8. The molecule has 0 spiro atoms. The topological polar surface area (TPSA) is 98.6 Å². The highest BCUT2D eigenvalue weighted by Crippen LogP contribution is 2.19. The minimum absolute atomic E-state index is 0.00115. The molecule has 0 saturated heterocycles. The molecule has 0 fully saturated rings. The first-order valence-corrected chi connectivity index (χ1v) is 9.63. The lowest BCUT2D eigenvalue weighted by atomic mass is 10.2. The lowest BCUT2D eigenvalue weighted by Crippen LogP contribution is -1.97. The number of para-hydroxylation sites is 2. The van der Waals surface area contributed by atoms with E-state index in [2.05, 4.69) is 9.97 Å². The number of pyridine rings is 2. The van der Waals surface area contributed by atoms with Gasteiger partial charge in [-0.15, -0.1) is 0 Å². The largest absolute Gasteiger partial charge is 0.478 e. The van der Waals surface area contributed by atoms with Gasteiger partial charge in [0, 0.05) is 30.1 Å². The Balaban J connectivity index is 0.000000181. The second-order valence-electron chi connectivity index (χ2n) is 6.46. The molecule has 0 atom stereocenters. The summed E-state index contributed by atoms with van der Waals surface area (Å²) in [6, 6.07) is 24.9. The van der Waals surface area contributed by atoms with Crippen LogP contribution in [0.25, 0.3) is 0 Å². The van der Waals surface area contributed by atoms with Gasteiger partial charge < -0.3 is 14.6 Å². The third-order valence-corrected chi connectivity index (χ3v) is 4.06. The molecule has 32 heavy (non-hydrogen) atoms. The molecule has 0 saturated carbocycles. The second-order valence-corrected chi connectivity index (χ2v) is 6.46. The van der Waals surface area contributed by atoms with E-state index in [0.29, 0.717) is 23.1 Å². The number of benzene rings is 2. The maximum atomic E-state index is 11.0. The number of carboxylic acid groups (broad SMARTS) is 1. The van der Waals surface area contributed by atoms with Crippen molar-refractivity contribution in [2.24, 2.45) is 0 Å². The highest BCUT2D eigenvalue weighted by atomic mass is 16.5. The third-order valence-electron chi connectivity index (χ3n) is 4.06. The van der Waals surface area contributed by atoms with Crippen molar-refractivity contribution in [3.8, 4) is 23.3 Å². The molecule has 2 aromatic heterocycles. The van der Waals surface area contributed by atoms with Crippen LogP contribution in [0.3, 0.4) is 0 Å². The Morgan fingerprint density at radius 1 is 0.656 bits per heavy atom. The number of rotatable bonds is 6. The van der Waals surface area contributed by atoms with E-state index in [1.807, 2.05) is 48.5 Å². The summed E-state index contributed by atoms with van der Waals surface area (Å²) >= 11 is 0. The molecular weight excluding hydrogens is 408 g/mol. The highest BCUT2D eigenvalue weighted by molar-refractivity contribution is 5.93. The number of carboxylic acids is 1. The summed E-state index contributed by atoms with van der Waals surface area (Å²) in [6.07, 6.45) is 2.78. The fourth-order valence-electron chi connectivity index (χ4n) is 2.43. The number of Topliss-reactive ketones (excluding diaryl/α,β-unsaturated/α-hetero) is 1. The lowest BCUT2D eigenvalue weighted by molar-refractivity contribution is 0.0696. The summed E-state index contributed by atoms with van der Waals surface area (Å²) < 4.78 is 10.9. The molecule has 0 aliphatic carbocycles. The molecule has 160 valence electrons. The first-order valence-electron chi connectivity index (χ1n) is 9.63. The van der Waals surface area contributed by atoms with Gasteiger partial charge in [-0.25, -0.2) is 14.8 Å². The van der Waals surface area contributed by atoms with E-state index in [1.165, 1.54) is 31.5 Å². The number of hydrogen-bond acceptors (Lipinski definition) is 6. The lowest BCUT2D eigenvalue weighted by Gasteiger charge is -2.04. The van der Waals surface area contributed by atoms with Crippen LogP contribution < -0.4 is 9.47 Å². The van der Waals surface area contributed by atoms with Crippen molar-refractivity contribution in [1.29, 1.82) is 0 Å². The molecule has 4 aromatic rings. The quantitative estimate of drug-likeness (QED) is 0.396. The molecule has 0 aliphatic rings. The number of hydrogen-bond donors (Lipinski definition) is 1. The van der Waals surface area contributed by atoms with Crippen LogP contribution in [0.15, 0.2) is 97.3 Å². The average molecular weight is 428 g/mol. The van der Waals surface area contributed by atoms with Gasteiger partial charge in [0.05, 0.1) is 5.56 Å². The fourth-order valence-corrected chi connectivity index (χ4v) is 2.43. The zero-order valence-corrected chi connectivity index (χ0v) is 17.2. The number of nitrogens with zero attached hydrogens (tertiary/aromatic N) is 2. The Labute approximate surface area is 184 Å². The molecule has 0 aliphatic heterocycles. The molecule has 4 rings (SSSR count). The Morgan fingerprint density at radius 2 is 1.09 bits per heavy atom. The van der Waals surface area contributed by atoms with Crippen LogP contribution in [0, 0.1) is 0 Å². The van der Waals surface area contributed by atoms with Gasteiger partial charge in [-0.05, 0) is 43.3 Å². The Bertz CT molecular complexity index is 1050. The average Bonchev–Trinajstić information content (AvgIpc) is 2.82. The summed E-state index contributed by atoms with van der Waals surface area (Å²) in [5.74, 6) is 1.24. The number of ketones is 1. The maximum absolute atomic E-state index is 11.0. The third kappa shape index (κ3) is 6.77. The molecule has 7 nitrogen and oxygen atoms in total. The van der Waals surface area contributed by atoms with E-state index in [4.69, 9.17) is 14.6 Å². The van der Waals surface area contributed by atoms with Crippen LogP contribution in [0.4, 0.5) is 0 Å². The minimum Gasteiger partial charge on any atom is -0.478 e. The number of aromatic carboxylic acids is 1. The van der Waals surface area contributed by atoms with Crippen molar-refractivity contribution in [2.75, 3.05) is 0 Å². The number of ether oxygens (including phenoxy) is 2. The first kappa shape index (κ1) is 22.2. The zero-order valence-electron chi connectivity index (χ0n) is 17.2. The molecule has 0 radical (unpaired) electrons. The standard InChI is InChI=1S/C13H11NO2.C12H9NO3/c1-10(15)11-7-8-13(14-9-11)16-12-5-3-2-4-6-12;14-12(15)9-6-7-11(13-8-9)16-10-4-2-1-3-5-10/h2-9H,1H3;1-8H,(H,14,15). The summed E-state index contributed by atoms with van der Waals surface area (Å²) in [6.45, 7) is 1.51. The van der Waals surface area contributed by atoms with E-state index >= 15 is 0 Å². The van der Waals surface area contributed by atoms with Crippen LogP contribution in [-0.4, -0.2) is 26.8 Å². The van der Waals surface area contributed by atoms with Crippen molar-refractivity contribution < 1.29 is 24.2 Å². The fraction of sp³-hybridized carbons (Fsp3) is 0.0400. The van der Waals surface area contributed by atoms with Gasteiger partial charge >= 0.3 is 5.97 Å². The molecule has 0 bridgehead atoms. The van der Waals surface area contributed by atoms with E-state index in [0.717, 1.165) is 5.75 Å². The Hall–Kier alpha value is -4.52. The summed E-state index contributed by atoms with van der Waals surface area (Å²) in [7, 11) is 0. The first-order chi connectivity index (χ1) is 15.5. The number of carbonyl (C=O) groups excluding carboxylic acids is 1. The monoisotopic (exact) mass is 428 g/mol. The summed E-state index contributed by atoms with van der Waals surface area (Å²) in [5, 5.41) is 8.68. The molecule has 7 heteroatoms. The van der Waals surface area contributed by atoms with E-state index in [-0.39, 0.29) is 11.3 Å². The summed E-state index contributed by atoms with van der Waals surface area (Å²) in [4.78, 5) is 29.6. The molecule has 0 amide bonds. The van der Waals surface area contributed by atoms with E-state index in [9.17, 15) is 9.59 Å². The molecule has 2 heterocycles. The second kappa shape index (κ2) is 11.0. The Morgan fingerprint density at radius 3 is 1.44 bits per heavy atom. The molecule has 1 N–H and O–H groups in total. The Kier molecular flexibility index (Phi) is 7.64. The highest BCUT2D eigenvalue weighted by Gasteiger charge is 2.04. The number of aromatic nitrogens is 2. The van der Waals surface area contributed by atoms with Gasteiger partial charge in [0.15, 0.2) is 5.78 Å². The van der Waals surface area contributed by atoms with Crippen molar-refractivity contribution in [3.05, 3.63) is 108 Å². The normalized spacial score (nSPS) is 9.78. The van der Waals surface area contributed by atoms with Crippen LogP contribution in [-0.2, 0) is 0 Å². The van der Waals surface area contributed by atoms with Gasteiger partial charge in [-0.3, -0.25) is 4.79 Å². The summed E-state index contributed by atoms with van der Waals surface area (Å²) in [5.41, 5.74) is 0.723. The van der Waals surface area contributed by atoms with Crippen LogP contribution >= 0.6 is 0 Å². The number of carbonyl (C=O) groups is 2. The van der Waals surface area contributed by atoms with Gasteiger partial charge in [0.25, 0.3) is 0 Å². The molecule has 2 aromatic carbocycles.